The molecule has 0 spiro atoms. The topological polar surface area (TPSA) is 54.0 Å². The molecule has 0 aliphatic carbocycles. The van der Waals surface area contributed by atoms with Gasteiger partial charge in [0.2, 0.25) is 11.5 Å². The van der Waals surface area contributed by atoms with Crippen LogP contribution in [0.1, 0.15) is 91.0 Å². The molecule has 2 aromatic carbocycles. The van der Waals surface area contributed by atoms with Gasteiger partial charge in [-0.15, -0.1) is 0 Å². The summed E-state index contributed by atoms with van der Waals surface area (Å²) in [6.07, 6.45) is 6.60. The molecule has 0 fully saturated rings. The molecule has 5 nitrogen and oxygen atoms in total. The molecule has 2 rings (SSSR count). The second-order valence-corrected chi connectivity index (χ2v) is 8.66. The summed E-state index contributed by atoms with van der Waals surface area (Å²) in [6, 6.07) is 6.15. The minimum atomic E-state index is -0.258. The Bertz CT molecular complexity index is 887. The maximum Gasteiger partial charge on any atom is 0.311 e. The smallest absolute Gasteiger partial charge is 0.311 e. The molecular weight excluding hydrogens is 404 g/mol. The highest BCUT2D eigenvalue weighted by Gasteiger charge is 2.26. The van der Waals surface area contributed by atoms with E-state index in [1.165, 1.54) is 18.4 Å². The van der Waals surface area contributed by atoms with Crippen LogP contribution in [0.25, 0.3) is 10.8 Å². The van der Waals surface area contributed by atoms with Crippen LogP contribution in [0.15, 0.2) is 18.2 Å². The maximum absolute atomic E-state index is 12.7. The molecule has 2 aromatic rings. The average molecular weight is 445 g/mol. The van der Waals surface area contributed by atoms with Gasteiger partial charge in [-0.2, -0.15) is 0 Å². The van der Waals surface area contributed by atoms with Crippen molar-refractivity contribution >= 4 is 16.7 Å². The Balaban J connectivity index is 2.54. The fourth-order valence-corrected chi connectivity index (χ4v) is 3.67. The summed E-state index contributed by atoms with van der Waals surface area (Å²) in [5.74, 6) is 1.94. The molecule has 0 radical (unpaired) electrons. The third kappa shape index (κ3) is 6.30. The summed E-state index contributed by atoms with van der Waals surface area (Å²) in [6.45, 7) is 10.6. The third-order valence-electron chi connectivity index (χ3n) is 5.82. The zero-order valence-electron chi connectivity index (χ0n) is 20.9. The standard InChI is InChI=1S/C27H40O5/c1-8-10-11-12-13-14-23(28)32-24-21-16-15-20(18(3)4)17-22(21)25(31-19(5)9-2)27(30-7)26(24)29-6/h15-19H,8-14H2,1-7H3. The second kappa shape index (κ2) is 12.6. The van der Waals surface area contributed by atoms with E-state index in [1.54, 1.807) is 14.2 Å². The lowest BCUT2D eigenvalue weighted by molar-refractivity contribution is -0.134. The molecule has 178 valence electrons. The highest BCUT2D eigenvalue weighted by Crippen LogP contribution is 2.52. The maximum atomic E-state index is 12.7. The van der Waals surface area contributed by atoms with Gasteiger partial charge >= 0.3 is 5.97 Å². The fourth-order valence-electron chi connectivity index (χ4n) is 3.67. The molecule has 0 aromatic heterocycles. The number of esters is 1. The number of hydrogen-bond donors (Lipinski definition) is 0. The first-order chi connectivity index (χ1) is 15.4. The van der Waals surface area contributed by atoms with Crippen molar-refractivity contribution in [1.29, 1.82) is 0 Å². The molecule has 0 bridgehead atoms. The molecule has 0 heterocycles. The minimum Gasteiger partial charge on any atom is -0.490 e. The van der Waals surface area contributed by atoms with Gasteiger partial charge < -0.3 is 18.9 Å². The van der Waals surface area contributed by atoms with Crippen LogP contribution >= 0.6 is 0 Å². The summed E-state index contributed by atoms with van der Waals surface area (Å²) in [7, 11) is 3.14. The van der Waals surface area contributed by atoms with Crippen molar-refractivity contribution in [2.45, 2.75) is 91.6 Å². The van der Waals surface area contributed by atoms with E-state index in [9.17, 15) is 4.79 Å². The number of ether oxygens (including phenoxy) is 4. The third-order valence-corrected chi connectivity index (χ3v) is 5.82. The van der Waals surface area contributed by atoms with E-state index < -0.39 is 0 Å². The van der Waals surface area contributed by atoms with Crippen molar-refractivity contribution in [2.75, 3.05) is 14.2 Å². The van der Waals surface area contributed by atoms with Gasteiger partial charge in [-0.05, 0) is 37.3 Å². The number of carbonyl (C=O) groups excluding carboxylic acids is 1. The summed E-state index contributed by atoms with van der Waals surface area (Å²) in [5.41, 5.74) is 1.17. The van der Waals surface area contributed by atoms with E-state index in [1.807, 2.05) is 13.0 Å². The zero-order valence-corrected chi connectivity index (χ0v) is 20.9. The first kappa shape index (κ1) is 25.8. The molecule has 0 aliphatic rings. The Morgan fingerprint density at radius 2 is 1.50 bits per heavy atom. The Morgan fingerprint density at radius 1 is 0.844 bits per heavy atom. The van der Waals surface area contributed by atoms with Crippen LogP contribution in [0.2, 0.25) is 0 Å². The average Bonchev–Trinajstić information content (AvgIpc) is 2.79. The molecular formula is C27H40O5. The van der Waals surface area contributed by atoms with Gasteiger partial charge in [-0.1, -0.05) is 65.5 Å². The molecule has 0 saturated carbocycles. The second-order valence-electron chi connectivity index (χ2n) is 8.66. The lowest BCUT2D eigenvalue weighted by Gasteiger charge is -2.23. The fraction of sp³-hybridized carbons (Fsp3) is 0.593. The highest BCUT2D eigenvalue weighted by molar-refractivity contribution is 6.00. The van der Waals surface area contributed by atoms with Crippen molar-refractivity contribution < 1.29 is 23.7 Å². The van der Waals surface area contributed by atoms with Gasteiger partial charge in [0, 0.05) is 17.2 Å². The Hall–Kier alpha value is -2.43. The van der Waals surface area contributed by atoms with Gasteiger partial charge in [-0.3, -0.25) is 4.79 Å². The molecule has 1 atom stereocenters. The number of unbranched alkanes of at least 4 members (excludes halogenated alkanes) is 4. The van der Waals surface area contributed by atoms with E-state index in [0.717, 1.165) is 36.5 Å². The highest BCUT2D eigenvalue weighted by atomic mass is 16.6. The normalized spacial score (nSPS) is 12.1. The molecule has 32 heavy (non-hydrogen) atoms. The largest absolute Gasteiger partial charge is 0.490 e. The molecule has 0 N–H and O–H groups in total. The van der Waals surface area contributed by atoms with Crippen LogP contribution in [0.5, 0.6) is 23.0 Å². The van der Waals surface area contributed by atoms with Crippen LogP contribution in [0.3, 0.4) is 0 Å². The van der Waals surface area contributed by atoms with E-state index in [0.29, 0.717) is 35.3 Å². The Labute approximate surface area is 193 Å². The molecule has 1 unspecified atom stereocenters. The lowest BCUT2D eigenvalue weighted by Crippen LogP contribution is -2.13. The first-order valence-corrected chi connectivity index (χ1v) is 12.0. The molecule has 0 amide bonds. The predicted molar refractivity (Wildman–Crippen MR) is 131 cm³/mol. The SMILES string of the molecule is CCCCCCCC(=O)Oc1c(OC)c(OC)c(OC(C)CC)c2cc(C(C)C)ccc12. The van der Waals surface area contributed by atoms with E-state index in [-0.39, 0.29) is 12.1 Å². The van der Waals surface area contributed by atoms with E-state index in [4.69, 9.17) is 18.9 Å². The van der Waals surface area contributed by atoms with Gasteiger partial charge in [0.15, 0.2) is 11.5 Å². The number of fused-ring (bicyclic) bond motifs is 1. The van der Waals surface area contributed by atoms with Crippen molar-refractivity contribution in [3.05, 3.63) is 23.8 Å². The number of benzene rings is 2. The zero-order chi connectivity index (χ0) is 23.7. The first-order valence-electron chi connectivity index (χ1n) is 12.0. The van der Waals surface area contributed by atoms with E-state index in [2.05, 4.69) is 39.8 Å². The van der Waals surface area contributed by atoms with Gasteiger partial charge in [0.1, 0.15) is 0 Å². The van der Waals surface area contributed by atoms with Gasteiger partial charge in [0.05, 0.1) is 20.3 Å². The van der Waals surface area contributed by atoms with Crippen molar-refractivity contribution in [3.8, 4) is 23.0 Å². The Morgan fingerprint density at radius 3 is 2.09 bits per heavy atom. The number of methoxy groups -OCH3 is 2. The number of rotatable bonds is 13. The molecule has 0 saturated heterocycles. The number of carbonyl (C=O) groups is 1. The minimum absolute atomic E-state index is 0.00367. The Kier molecular flexibility index (Phi) is 10.1. The van der Waals surface area contributed by atoms with Crippen LogP contribution < -0.4 is 18.9 Å². The van der Waals surface area contributed by atoms with Gasteiger partial charge in [-0.25, -0.2) is 0 Å². The van der Waals surface area contributed by atoms with E-state index >= 15 is 0 Å². The summed E-state index contributed by atoms with van der Waals surface area (Å²) < 4.78 is 23.6. The summed E-state index contributed by atoms with van der Waals surface area (Å²) in [4.78, 5) is 12.7. The monoisotopic (exact) mass is 444 g/mol. The van der Waals surface area contributed by atoms with Crippen molar-refractivity contribution in [3.63, 3.8) is 0 Å². The summed E-state index contributed by atoms with van der Waals surface area (Å²) >= 11 is 0. The van der Waals surface area contributed by atoms with Crippen molar-refractivity contribution in [2.24, 2.45) is 0 Å². The molecule has 5 heteroatoms. The number of hydrogen-bond acceptors (Lipinski definition) is 5. The van der Waals surface area contributed by atoms with Crippen LogP contribution in [-0.2, 0) is 4.79 Å². The van der Waals surface area contributed by atoms with Crippen molar-refractivity contribution in [1.82, 2.24) is 0 Å². The summed E-state index contributed by atoms with van der Waals surface area (Å²) in [5, 5.41) is 1.64. The van der Waals surface area contributed by atoms with Gasteiger partial charge in [0.25, 0.3) is 0 Å². The van der Waals surface area contributed by atoms with Crippen LogP contribution in [-0.4, -0.2) is 26.3 Å². The van der Waals surface area contributed by atoms with Crippen LogP contribution in [0.4, 0.5) is 0 Å². The van der Waals surface area contributed by atoms with Crippen LogP contribution in [0, 0.1) is 0 Å². The molecule has 0 aliphatic heterocycles. The lowest BCUT2D eigenvalue weighted by atomic mass is 9.97. The quantitative estimate of drug-likeness (QED) is 0.183. The predicted octanol–water partition coefficient (Wildman–Crippen LogP) is 7.42.